The highest BCUT2D eigenvalue weighted by molar-refractivity contribution is 5.80. The lowest BCUT2D eigenvalue weighted by Gasteiger charge is -2.38. The van der Waals surface area contributed by atoms with Crippen LogP contribution in [0.5, 0.6) is 0 Å². The Labute approximate surface area is 170 Å². The molecule has 10 nitrogen and oxygen atoms in total. The second kappa shape index (κ2) is 7.35. The number of carbonyl (C=O) groups excluding carboxylic acids is 1. The van der Waals surface area contributed by atoms with Crippen molar-refractivity contribution in [2.75, 3.05) is 0 Å². The van der Waals surface area contributed by atoms with Gasteiger partial charge in [0.1, 0.15) is 30.0 Å². The Morgan fingerprint density at radius 3 is 2.14 bits per heavy atom. The third-order valence-electron chi connectivity index (χ3n) is 4.71. The molecule has 3 saturated heterocycles. The monoisotopic (exact) mass is 417 g/mol. The number of nitrogens with one attached hydrogen (secondary N) is 1. The molecule has 10 heteroatoms. The fourth-order valence-electron chi connectivity index (χ4n) is 3.79. The van der Waals surface area contributed by atoms with Crippen molar-refractivity contribution in [1.82, 2.24) is 5.32 Å². The molecule has 6 atom stereocenters. The Hall–Kier alpha value is -1.46. The van der Waals surface area contributed by atoms with E-state index in [-0.39, 0.29) is 6.42 Å². The highest BCUT2D eigenvalue weighted by Gasteiger charge is 2.61. The lowest BCUT2D eigenvalue weighted by Crippen LogP contribution is -2.57. The van der Waals surface area contributed by atoms with Gasteiger partial charge in [-0.1, -0.05) is 0 Å². The second-order valence-corrected chi connectivity index (χ2v) is 9.48. The highest BCUT2D eigenvalue weighted by Crippen LogP contribution is 2.44. The summed E-state index contributed by atoms with van der Waals surface area (Å²) in [6.45, 7) is 12.2. The van der Waals surface area contributed by atoms with Gasteiger partial charge in [-0.2, -0.15) is 0 Å². The summed E-state index contributed by atoms with van der Waals surface area (Å²) in [6.07, 6.45) is -3.88. The van der Waals surface area contributed by atoms with Gasteiger partial charge in [0.2, 0.25) is 0 Å². The van der Waals surface area contributed by atoms with Crippen molar-refractivity contribution in [3.05, 3.63) is 0 Å². The van der Waals surface area contributed by atoms with E-state index < -0.39 is 66.0 Å². The molecule has 0 aromatic rings. The summed E-state index contributed by atoms with van der Waals surface area (Å²) in [7, 11) is 0. The summed E-state index contributed by atoms with van der Waals surface area (Å²) in [4.78, 5) is 23.8. The van der Waals surface area contributed by atoms with Gasteiger partial charge in [0, 0.05) is 6.42 Å². The van der Waals surface area contributed by atoms with E-state index in [0.717, 1.165) is 0 Å². The molecule has 5 unspecified atom stereocenters. The van der Waals surface area contributed by atoms with Crippen LogP contribution in [0.1, 0.15) is 54.9 Å². The quantitative estimate of drug-likeness (QED) is 0.704. The van der Waals surface area contributed by atoms with Crippen LogP contribution in [-0.2, 0) is 33.2 Å². The lowest BCUT2D eigenvalue weighted by atomic mass is 9.94. The Morgan fingerprint density at radius 1 is 1.00 bits per heavy atom. The minimum atomic E-state index is -1.24. The maximum absolute atomic E-state index is 12.1. The average Bonchev–Trinajstić information content (AvgIpc) is 2.99. The minimum absolute atomic E-state index is 0.0534. The predicted octanol–water partition coefficient (Wildman–Crippen LogP) is 1.75. The molecule has 1 amide bonds. The molecule has 0 bridgehead atoms. The Bertz CT molecular complexity index is 657. The second-order valence-electron chi connectivity index (χ2n) is 9.48. The van der Waals surface area contributed by atoms with Gasteiger partial charge in [0.15, 0.2) is 17.9 Å². The first-order valence-corrected chi connectivity index (χ1v) is 9.75. The number of carboxylic acids is 1. The van der Waals surface area contributed by atoms with E-state index in [9.17, 15) is 14.7 Å². The number of carboxylic acid groups (broad SMARTS) is 1. The Balaban J connectivity index is 1.75. The molecule has 166 valence electrons. The molecule has 3 fully saturated rings. The third-order valence-corrected chi connectivity index (χ3v) is 4.71. The number of amides is 1. The summed E-state index contributed by atoms with van der Waals surface area (Å²) >= 11 is 0. The number of rotatable bonds is 4. The fourth-order valence-corrected chi connectivity index (χ4v) is 3.79. The minimum Gasteiger partial charge on any atom is -0.480 e. The average molecular weight is 417 g/mol. The molecular weight excluding hydrogens is 386 g/mol. The van der Waals surface area contributed by atoms with Crippen molar-refractivity contribution in [1.29, 1.82) is 0 Å². The molecule has 3 aliphatic rings. The van der Waals surface area contributed by atoms with E-state index >= 15 is 0 Å². The van der Waals surface area contributed by atoms with Gasteiger partial charge >= 0.3 is 12.1 Å². The van der Waals surface area contributed by atoms with Crippen LogP contribution in [0.2, 0.25) is 0 Å². The Kier molecular flexibility index (Phi) is 5.63. The van der Waals surface area contributed by atoms with E-state index in [1.54, 1.807) is 48.5 Å². The van der Waals surface area contributed by atoms with Crippen LogP contribution in [0.25, 0.3) is 0 Å². The first kappa shape index (κ1) is 22.2. The molecule has 0 radical (unpaired) electrons. The van der Waals surface area contributed by atoms with Crippen LogP contribution in [0.3, 0.4) is 0 Å². The normalized spacial score (nSPS) is 36.0. The summed E-state index contributed by atoms with van der Waals surface area (Å²) in [5.74, 6) is -2.97. The largest absolute Gasteiger partial charge is 0.480 e. The van der Waals surface area contributed by atoms with Crippen LogP contribution in [0.15, 0.2) is 0 Å². The molecule has 29 heavy (non-hydrogen) atoms. The van der Waals surface area contributed by atoms with E-state index in [1.165, 1.54) is 0 Å². The standard InChI is InChI=1S/C19H31NO9/c1-17(2,3)29-16(23)20-9(14(21)22)8-10-11-12(26-18(4,5)25-11)13-15(24-10)28-19(6,7)27-13/h9-13,15H,8H2,1-7H3,(H,20,23)(H,21,22)/t9-,10?,11?,12?,13?,15?/m1/s1. The SMILES string of the molecule is CC(C)(C)OC(=O)N[C@H](CC1OC2OC(C)(C)OC2C2OC(C)(C)OC12)C(=O)O. The van der Waals surface area contributed by atoms with Gasteiger partial charge < -0.3 is 38.8 Å². The zero-order valence-corrected chi connectivity index (χ0v) is 17.9. The number of hydrogen-bond acceptors (Lipinski definition) is 8. The van der Waals surface area contributed by atoms with Crippen LogP contribution < -0.4 is 5.32 Å². The topological polar surface area (TPSA) is 122 Å². The zero-order valence-electron chi connectivity index (χ0n) is 17.9. The van der Waals surface area contributed by atoms with Gasteiger partial charge in [-0.05, 0) is 48.5 Å². The van der Waals surface area contributed by atoms with Crippen molar-refractivity contribution >= 4 is 12.1 Å². The molecule has 3 rings (SSSR count). The molecule has 3 heterocycles. The number of carbonyl (C=O) groups is 2. The van der Waals surface area contributed by atoms with Gasteiger partial charge in [-0.3, -0.25) is 0 Å². The Morgan fingerprint density at radius 2 is 1.55 bits per heavy atom. The first-order chi connectivity index (χ1) is 13.2. The van der Waals surface area contributed by atoms with E-state index in [4.69, 9.17) is 28.4 Å². The first-order valence-electron chi connectivity index (χ1n) is 9.75. The van der Waals surface area contributed by atoms with Crippen LogP contribution >= 0.6 is 0 Å². The number of hydrogen-bond donors (Lipinski definition) is 2. The van der Waals surface area contributed by atoms with Crippen molar-refractivity contribution in [3.8, 4) is 0 Å². The molecule has 3 aliphatic heterocycles. The molecule has 0 spiro atoms. The fraction of sp³-hybridized carbons (Fsp3) is 0.895. The van der Waals surface area contributed by atoms with Crippen molar-refractivity contribution in [2.45, 2.75) is 109 Å². The van der Waals surface area contributed by atoms with Crippen molar-refractivity contribution < 1.29 is 43.1 Å². The molecule has 2 N–H and O–H groups in total. The summed E-state index contributed by atoms with van der Waals surface area (Å²) in [5, 5.41) is 12.0. The van der Waals surface area contributed by atoms with Gasteiger partial charge in [-0.25, -0.2) is 9.59 Å². The number of aliphatic carboxylic acids is 1. The molecular formula is C19H31NO9. The van der Waals surface area contributed by atoms with Crippen LogP contribution in [-0.4, -0.2) is 71.1 Å². The maximum atomic E-state index is 12.1. The van der Waals surface area contributed by atoms with Crippen LogP contribution in [0, 0.1) is 0 Å². The lowest BCUT2D eigenvalue weighted by molar-refractivity contribution is -0.236. The number of alkyl carbamates (subject to hydrolysis) is 1. The molecule has 0 aliphatic carbocycles. The van der Waals surface area contributed by atoms with Crippen molar-refractivity contribution in [3.63, 3.8) is 0 Å². The molecule has 0 aromatic heterocycles. The molecule has 0 aromatic carbocycles. The smallest absolute Gasteiger partial charge is 0.408 e. The van der Waals surface area contributed by atoms with Crippen LogP contribution in [0.4, 0.5) is 4.79 Å². The highest BCUT2D eigenvalue weighted by atomic mass is 16.9. The van der Waals surface area contributed by atoms with E-state index in [0.29, 0.717) is 0 Å². The van der Waals surface area contributed by atoms with Gasteiger partial charge in [0.25, 0.3) is 0 Å². The van der Waals surface area contributed by atoms with E-state index in [1.807, 2.05) is 0 Å². The predicted molar refractivity (Wildman–Crippen MR) is 97.9 cm³/mol. The van der Waals surface area contributed by atoms with Gasteiger partial charge in [-0.15, -0.1) is 0 Å². The molecule has 0 saturated carbocycles. The summed E-state index contributed by atoms with van der Waals surface area (Å²) in [5.41, 5.74) is -0.750. The number of fused-ring (bicyclic) bond motifs is 3. The van der Waals surface area contributed by atoms with Gasteiger partial charge in [0.05, 0.1) is 6.10 Å². The number of ether oxygens (including phenoxy) is 6. The van der Waals surface area contributed by atoms with E-state index in [2.05, 4.69) is 5.32 Å². The summed E-state index contributed by atoms with van der Waals surface area (Å²) < 4.78 is 34.9. The third kappa shape index (κ3) is 5.18. The maximum Gasteiger partial charge on any atom is 0.408 e. The zero-order chi connectivity index (χ0) is 21.8. The van der Waals surface area contributed by atoms with Crippen molar-refractivity contribution in [2.24, 2.45) is 0 Å². The summed E-state index contributed by atoms with van der Waals surface area (Å²) in [6, 6.07) is -1.24.